The van der Waals surface area contributed by atoms with E-state index in [1.54, 1.807) is 0 Å². The second-order valence-corrected chi connectivity index (χ2v) is 6.57. The average molecular weight is 270 g/mol. The molecule has 1 aliphatic carbocycles. The number of Topliss-reactive ketones (excluding diaryl/α,β-unsaturated/α-hetero) is 1. The Morgan fingerprint density at radius 1 is 1.00 bits per heavy atom. The summed E-state index contributed by atoms with van der Waals surface area (Å²) >= 11 is 1.95. The second-order valence-electron chi connectivity index (χ2n) is 5.15. The molecule has 1 aromatic carbocycles. The minimum absolute atomic E-state index is 0.323. The smallest absolute Gasteiger partial charge is 0.135 e. The minimum Gasteiger partial charge on any atom is -0.300 e. The van der Waals surface area contributed by atoms with Gasteiger partial charge in [0, 0.05) is 23.3 Å². The number of carbonyl (C=O) groups excluding carboxylic acids is 1. The first-order valence-electron chi connectivity index (χ1n) is 6.91. The Balaban J connectivity index is 1.79. The molecule has 2 aliphatic rings. The van der Waals surface area contributed by atoms with Gasteiger partial charge in [-0.15, -0.1) is 11.8 Å². The van der Waals surface area contributed by atoms with E-state index in [2.05, 4.69) is 42.5 Å². The van der Waals surface area contributed by atoms with E-state index in [4.69, 9.17) is 0 Å². The Bertz CT molecular complexity index is 515. The van der Waals surface area contributed by atoms with Crippen LogP contribution in [0.15, 0.2) is 54.1 Å². The largest absolute Gasteiger partial charge is 0.300 e. The molecule has 1 saturated heterocycles. The number of carbonyl (C=O) groups is 1. The van der Waals surface area contributed by atoms with Crippen molar-refractivity contribution in [1.82, 2.24) is 0 Å². The first-order chi connectivity index (χ1) is 9.33. The Labute approximate surface area is 118 Å². The quantitative estimate of drug-likeness (QED) is 0.788. The fourth-order valence-corrected chi connectivity index (χ4v) is 4.33. The van der Waals surface area contributed by atoms with Crippen LogP contribution in [-0.4, -0.2) is 11.0 Å². The Kier molecular flexibility index (Phi) is 3.88. The van der Waals surface area contributed by atoms with Gasteiger partial charge in [0.05, 0.1) is 0 Å². The lowest BCUT2D eigenvalue weighted by atomic mass is 9.97. The van der Waals surface area contributed by atoms with E-state index in [1.165, 1.54) is 11.1 Å². The molecule has 1 fully saturated rings. The molecule has 98 valence electrons. The summed E-state index contributed by atoms with van der Waals surface area (Å²) < 4.78 is 0. The number of hydrogen-bond donors (Lipinski definition) is 0. The van der Waals surface area contributed by atoms with Gasteiger partial charge in [-0.1, -0.05) is 48.6 Å². The van der Waals surface area contributed by atoms with E-state index in [1.807, 2.05) is 17.8 Å². The van der Waals surface area contributed by atoms with Crippen LogP contribution in [0.3, 0.4) is 0 Å². The summed E-state index contributed by atoms with van der Waals surface area (Å²) in [6.45, 7) is 0. The number of ketones is 1. The molecule has 1 aliphatic heterocycles. The van der Waals surface area contributed by atoms with Crippen molar-refractivity contribution >= 4 is 17.5 Å². The normalized spacial score (nSPS) is 27.2. The highest BCUT2D eigenvalue weighted by Crippen LogP contribution is 2.44. The monoisotopic (exact) mass is 270 g/mol. The third-order valence-electron chi connectivity index (χ3n) is 3.72. The third kappa shape index (κ3) is 3.01. The molecular weight excluding hydrogens is 252 g/mol. The highest BCUT2D eigenvalue weighted by Gasteiger charge is 2.30. The lowest BCUT2D eigenvalue weighted by molar-refractivity contribution is -0.119. The van der Waals surface area contributed by atoms with Crippen molar-refractivity contribution < 1.29 is 4.79 Å². The molecule has 1 nitrogen and oxygen atoms in total. The Morgan fingerprint density at radius 2 is 1.79 bits per heavy atom. The van der Waals surface area contributed by atoms with Gasteiger partial charge < -0.3 is 0 Å². The number of thioether (sulfide) groups is 1. The van der Waals surface area contributed by atoms with Crippen molar-refractivity contribution in [3.8, 4) is 0 Å². The molecule has 0 radical (unpaired) electrons. The Morgan fingerprint density at radius 3 is 2.53 bits per heavy atom. The van der Waals surface area contributed by atoms with Gasteiger partial charge in [0.2, 0.25) is 0 Å². The zero-order valence-electron chi connectivity index (χ0n) is 10.9. The fourth-order valence-electron chi connectivity index (χ4n) is 2.72. The average Bonchev–Trinajstić information content (AvgIpc) is 2.48. The summed E-state index contributed by atoms with van der Waals surface area (Å²) in [6, 6.07) is 10.4. The van der Waals surface area contributed by atoms with E-state index >= 15 is 0 Å². The number of rotatable bonds is 2. The molecule has 2 unspecified atom stereocenters. The zero-order valence-corrected chi connectivity index (χ0v) is 11.7. The van der Waals surface area contributed by atoms with Gasteiger partial charge in [-0.3, -0.25) is 4.79 Å². The van der Waals surface area contributed by atoms with Gasteiger partial charge in [-0.05, 0) is 24.0 Å². The van der Waals surface area contributed by atoms with E-state index in [9.17, 15) is 4.79 Å². The van der Waals surface area contributed by atoms with E-state index in [0.29, 0.717) is 29.1 Å². The van der Waals surface area contributed by atoms with E-state index in [0.717, 1.165) is 12.8 Å². The predicted molar refractivity (Wildman–Crippen MR) is 81.3 cm³/mol. The highest BCUT2D eigenvalue weighted by atomic mass is 32.2. The summed E-state index contributed by atoms with van der Waals surface area (Å²) in [5.74, 6) is 0.400. The topological polar surface area (TPSA) is 17.1 Å². The van der Waals surface area contributed by atoms with E-state index in [-0.39, 0.29) is 0 Å². The molecule has 0 amide bonds. The van der Waals surface area contributed by atoms with Crippen molar-refractivity contribution in [1.29, 1.82) is 0 Å². The maximum atomic E-state index is 12.0. The number of hydrogen-bond acceptors (Lipinski definition) is 2. The van der Waals surface area contributed by atoms with Gasteiger partial charge in [0.25, 0.3) is 0 Å². The zero-order chi connectivity index (χ0) is 13.1. The molecule has 0 spiro atoms. The maximum Gasteiger partial charge on any atom is 0.135 e. The van der Waals surface area contributed by atoms with Gasteiger partial charge in [0.15, 0.2) is 0 Å². The molecule has 0 N–H and O–H groups in total. The molecule has 3 rings (SSSR count). The van der Waals surface area contributed by atoms with Gasteiger partial charge in [0.1, 0.15) is 5.78 Å². The van der Waals surface area contributed by atoms with E-state index < -0.39 is 0 Å². The summed E-state index contributed by atoms with van der Waals surface area (Å²) in [6.07, 6.45) is 10.4. The first kappa shape index (κ1) is 12.7. The third-order valence-corrected chi connectivity index (χ3v) is 5.26. The lowest BCUT2D eigenvalue weighted by Gasteiger charge is -2.29. The number of allylic oxidation sites excluding steroid dienone is 3. The molecule has 19 heavy (non-hydrogen) atoms. The molecule has 1 heterocycles. The van der Waals surface area contributed by atoms with Gasteiger partial charge >= 0.3 is 0 Å². The van der Waals surface area contributed by atoms with Gasteiger partial charge in [-0.2, -0.15) is 0 Å². The van der Waals surface area contributed by atoms with Crippen molar-refractivity contribution in [2.75, 3.05) is 0 Å². The molecule has 2 heteroatoms. The van der Waals surface area contributed by atoms with Crippen LogP contribution in [-0.2, 0) is 4.79 Å². The SMILES string of the molecule is O=C1CC(C2=CCCC=C2)SC(c2ccccc2)C1. The minimum atomic E-state index is 0.323. The van der Waals surface area contributed by atoms with Crippen LogP contribution in [0, 0.1) is 0 Å². The van der Waals surface area contributed by atoms with Crippen molar-refractivity contribution in [3.63, 3.8) is 0 Å². The van der Waals surface area contributed by atoms with Crippen molar-refractivity contribution in [2.45, 2.75) is 36.2 Å². The predicted octanol–water partition coefficient (Wildman–Crippen LogP) is 4.47. The van der Waals surface area contributed by atoms with Crippen LogP contribution in [0.5, 0.6) is 0 Å². The molecule has 0 bridgehead atoms. The van der Waals surface area contributed by atoms with Gasteiger partial charge in [-0.25, -0.2) is 0 Å². The summed E-state index contributed by atoms with van der Waals surface area (Å²) in [4.78, 5) is 12.0. The standard InChI is InChI=1S/C17H18OS/c18-15-11-16(13-7-3-1-4-8-13)19-17(12-15)14-9-5-2-6-10-14/h1,3-5,7-10,16-17H,2,6,11-12H2. The molecular formula is C17H18OS. The van der Waals surface area contributed by atoms with Crippen molar-refractivity contribution in [2.24, 2.45) is 0 Å². The lowest BCUT2D eigenvalue weighted by Crippen LogP contribution is -2.22. The Hall–Kier alpha value is -1.28. The van der Waals surface area contributed by atoms with Crippen LogP contribution in [0.1, 0.15) is 36.5 Å². The van der Waals surface area contributed by atoms with Crippen LogP contribution >= 0.6 is 11.8 Å². The molecule has 0 aromatic heterocycles. The van der Waals surface area contributed by atoms with Crippen LogP contribution in [0.25, 0.3) is 0 Å². The molecule has 2 atom stereocenters. The second kappa shape index (κ2) is 5.79. The summed E-state index contributed by atoms with van der Waals surface area (Å²) in [5.41, 5.74) is 2.64. The summed E-state index contributed by atoms with van der Waals surface area (Å²) in [5, 5.41) is 0.673. The number of benzene rings is 1. The van der Waals surface area contributed by atoms with Crippen LogP contribution in [0.4, 0.5) is 0 Å². The highest BCUT2D eigenvalue weighted by molar-refractivity contribution is 8.00. The van der Waals surface area contributed by atoms with Crippen LogP contribution in [0.2, 0.25) is 0 Å². The van der Waals surface area contributed by atoms with Crippen LogP contribution < -0.4 is 0 Å². The first-order valence-corrected chi connectivity index (χ1v) is 7.86. The fraction of sp³-hybridized carbons (Fsp3) is 0.353. The molecule has 1 aromatic rings. The molecule has 0 saturated carbocycles. The van der Waals surface area contributed by atoms with Crippen molar-refractivity contribution in [3.05, 3.63) is 59.7 Å². The maximum absolute atomic E-state index is 12.0. The summed E-state index contributed by atoms with van der Waals surface area (Å²) in [7, 11) is 0.